The van der Waals surface area contributed by atoms with Crippen molar-refractivity contribution in [2.75, 3.05) is 5.32 Å². The fourth-order valence-corrected chi connectivity index (χ4v) is 1.84. The van der Waals surface area contributed by atoms with Gasteiger partial charge in [-0.3, -0.25) is 4.79 Å². The second kappa shape index (κ2) is 5.67. The number of anilines is 1. The van der Waals surface area contributed by atoms with Crippen LogP contribution in [0.1, 0.15) is 21.7 Å². The van der Waals surface area contributed by atoms with E-state index < -0.39 is 0 Å². The molecule has 0 spiro atoms. The lowest BCUT2D eigenvalue weighted by Gasteiger charge is -2.09. The van der Waals surface area contributed by atoms with Crippen LogP contribution in [0.15, 0.2) is 24.3 Å². The number of nitrogens with one attached hydrogen (secondary N) is 1. The average molecular weight is 278 g/mol. The Hall–Kier alpha value is -2.14. The van der Waals surface area contributed by atoms with Gasteiger partial charge >= 0.3 is 0 Å². The van der Waals surface area contributed by atoms with E-state index in [2.05, 4.69) is 15.3 Å². The van der Waals surface area contributed by atoms with Crippen LogP contribution >= 0.6 is 11.6 Å². The Bertz CT molecular complexity index is 600. The number of phenolic OH excluding ortho intramolecular Hbond substituents is 1. The summed E-state index contributed by atoms with van der Waals surface area (Å²) in [7, 11) is 0. The van der Waals surface area contributed by atoms with E-state index in [9.17, 15) is 9.90 Å². The molecule has 0 aliphatic carbocycles. The van der Waals surface area contributed by atoms with Crippen LogP contribution in [0.3, 0.4) is 0 Å². The number of hydrogen-bond donors (Lipinski definition) is 2. The second-order valence-corrected chi connectivity index (χ2v) is 4.32. The highest BCUT2D eigenvalue weighted by atomic mass is 35.5. The molecule has 2 N–H and O–H groups in total. The number of aryl methyl sites for hydroxylation is 1. The molecule has 0 atom stereocenters. The zero-order valence-corrected chi connectivity index (χ0v) is 11.0. The summed E-state index contributed by atoms with van der Waals surface area (Å²) in [6.45, 7) is 2.17. The van der Waals surface area contributed by atoms with Gasteiger partial charge in [0, 0.05) is 6.54 Å². The Morgan fingerprint density at radius 2 is 2.00 bits per heavy atom. The quantitative estimate of drug-likeness (QED) is 0.664. The molecule has 0 fully saturated rings. The highest BCUT2D eigenvalue weighted by Crippen LogP contribution is 2.20. The lowest BCUT2D eigenvalue weighted by molar-refractivity contribution is 0.112. The molecule has 1 aromatic heterocycles. The zero-order chi connectivity index (χ0) is 13.8. The maximum absolute atomic E-state index is 11.0. The van der Waals surface area contributed by atoms with Crippen LogP contribution in [-0.2, 0) is 6.54 Å². The van der Waals surface area contributed by atoms with Crippen molar-refractivity contribution in [3.8, 4) is 5.75 Å². The van der Waals surface area contributed by atoms with Gasteiger partial charge in [0.2, 0.25) is 0 Å². The van der Waals surface area contributed by atoms with Crippen molar-refractivity contribution in [3.63, 3.8) is 0 Å². The summed E-state index contributed by atoms with van der Waals surface area (Å²) in [5.74, 6) is 1.10. The van der Waals surface area contributed by atoms with Crippen molar-refractivity contribution < 1.29 is 9.90 Å². The number of nitrogens with zero attached hydrogens (tertiary/aromatic N) is 2. The minimum atomic E-state index is 0.135. The molecule has 0 radical (unpaired) electrons. The van der Waals surface area contributed by atoms with Gasteiger partial charge in [0.1, 0.15) is 22.5 Å². The number of carbonyl (C=O) groups excluding carboxylic acids is 1. The van der Waals surface area contributed by atoms with Crippen molar-refractivity contribution >= 4 is 23.7 Å². The van der Waals surface area contributed by atoms with Crippen LogP contribution in [-0.4, -0.2) is 21.4 Å². The fraction of sp³-hybridized carbons (Fsp3) is 0.154. The summed E-state index contributed by atoms with van der Waals surface area (Å²) in [6.07, 6.45) is 0.626. The molecular weight excluding hydrogens is 266 g/mol. The predicted octanol–water partition coefficient (Wildman–Crippen LogP) is 2.57. The molecule has 2 rings (SSSR count). The zero-order valence-electron chi connectivity index (χ0n) is 10.2. The maximum atomic E-state index is 11.0. The van der Waals surface area contributed by atoms with Crippen LogP contribution in [0.4, 0.5) is 5.82 Å². The Kier molecular flexibility index (Phi) is 3.97. The highest BCUT2D eigenvalue weighted by molar-refractivity contribution is 6.32. The fourth-order valence-electron chi connectivity index (χ4n) is 1.59. The number of hydrogen-bond acceptors (Lipinski definition) is 5. The number of rotatable bonds is 4. The Morgan fingerprint density at radius 1 is 1.32 bits per heavy atom. The molecular formula is C13H12ClN3O2. The molecule has 0 saturated carbocycles. The third-order valence-electron chi connectivity index (χ3n) is 2.53. The lowest BCUT2D eigenvalue weighted by Crippen LogP contribution is -2.07. The molecule has 19 heavy (non-hydrogen) atoms. The molecule has 1 aromatic carbocycles. The molecule has 0 aliphatic heterocycles. The van der Waals surface area contributed by atoms with E-state index in [0.29, 0.717) is 24.5 Å². The van der Waals surface area contributed by atoms with Crippen LogP contribution in [0, 0.1) is 6.92 Å². The summed E-state index contributed by atoms with van der Waals surface area (Å²) in [5.41, 5.74) is 1.19. The Balaban J connectivity index is 2.19. The number of aldehydes is 1. The van der Waals surface area contributed by atoms with Gasteiger partial charge in [-0.05, 0) is 24.6 Å². The molecule has 2 aromatic rings. The van der Waals surface area contributed by atoms with Gasteiger partial charge in [0.25, 0.3) is 0 Å². The SMILES string of the molecule is Cc1nc(Cl)c(C=O)c(NCc2ccc(O)cc2)n1. The Morgan fingerprint density at radius 3 is 2.63 bits per heavy atom. The minimum Gasteiger partial charge on any atom is -0.508 e. The van der Waals surface area contributed by atoms with Gasteiger partial charge in [-0.15, -0.1) is 0 Å². The van der Waals surface area contributed by atoms with Crippen molar-refractivity contribution in [3.05, 3.63) is 46.4 Å². The smallest absolute Gasteiger partial charge is 0.156 e. The summed E-state index contributed by atoms with van der Waals surface area (Å²) in [4.78, 5) is 19.0. The topological polar surface area (TPSA) is 75.1 Å². The lowest BCUT2D eigenvalue weighted by atomic mass is 10.2. The van der Waals surface area contributed by atoms with E-state index in [0.717, 1.165) is 5.56 Å². The van der Waals surface area contributed by atoms with Gasteiger partial charge in [0.05, 0.1) is 5.56 Å². The molecule has 98 valence electrons. The van der Waals surface area contributed by atoms with Crippen molar-refractivity contribution in [2.45, 2.75) is 13.5 Å². The Labute approximate surface area is 115 Å². The summed E-state index contributed by atoms with van der Waals surface area (Å²) in [6, 6.07) is 6.74. The molecule has 0 saturated heterocycles. The van der Waals surface area contributed by atoms with Gasteiger partial charge in [-0.25, -0.2) is 9.97 Å². The van der Waals surface area contributed by atoms with Gasteiger partial charge in [-0.1, -0.05) is 23.7 Å². The maximum Gasteiger partial charge on any atom is 0.156 e. The van der Waals surface area contributed by atoms with E-state index in [4.69, 9.17) is 11.6 Å². The third kappa shape index (κ3) is 3.20. The normalized spacial score (nSPS) is 10.2. The largest absolute Gasteiger partial charge is 0.508 e. The van der Waals surface area contributed by atoms with Gasteiger partial charge < -0.3 is 10.4 Å². The number of phenols is 1. The van der Waals surface area contributed by atoms with Crippen LogP contribution in [0.2, 0.25) is 5.15 Å². The highest BCUT2D eigenvalue weighted by Gasteiger charge is 2.10. The van der Waals surface area contributed by atoms with Crippen molar-refractivity contribution in [2.24, 2.45) is 0 Å². The average Bonchev–Trinajstić information content (AvgIpc) is 2.37. The van der Waals surface area contributed by atoms with Crippen LogP contribution < -0.4 is 5.32 Å². The van der Waals surface area contributed by atoms with Gasteiger partial charge in [0.15, 0.2) is 6.29 Å². The van der Waals surface area contributed by atoms with E-state index in [1.807, 2.05) is 0 Å². The summed E-state index contributed by atoms with van der Waals surface area (Å²) in [5, 5.41) is 12.4. The van der Waals surface area contributed by atoms with E-state index >= 15 is 0 Å². The monoisotopic (exact) mass is 277 g/mol. The first-order valence-corrected chi connectivity index (χ1v) is 5.99. The van der Waals surface area contributed by atoms with Crippen LogP contribution in [0.5, 0.6) is 5.75 Å². The summed E-state index contributed by atoms with van der Waals surface area (Å²) >= 11 is 5.88. The second-order valence-electron chi connectivity index (χ2n) is 3.96. The number of aromatic hydroxyl groups is 1. The standard InChI is InChI=1S/C13H12ClN3O2/c1-8-16-12(14)11(7-18)13(17-8)15-6-9-2-4-10(19)5-3-9/h2-5,7,19H,6H2,1H3,(H,15,16,17). The molecule has 1 heterocycles. The first kappa shape index (κ1) is 13.3. The van der Waals surface area contributed by atoms with Crippen molar-refractivity contribution in [1.29, 1.82) is 0 Å². The molecule has 0 aliphatic rings. The number of benzene rings is 1. The van der Waals surface area contributed by atoms with E-state index in [-0.39, 0.29) is 16.5 Å². The number of halogens is 1. The first-order valence-electron chi connectivity index (χ1n) is 5.61. The van der Waals surface area contributed by atoms with Crippen LogP contribution in [0.25, 0.3) is 0 Å². The minimum absolute atomic E-state index is 0.135. The van der Waals surface area contributed by atoms with Crippen molar-refractivity contribution in [1.82, 2.24) is 9.97 Å². The van der Waals surface area contributed by atoms with E-state index in [1.165, 1.54) is 0 Å². The number of aromatic nitrogens is 2. The molecule has 5 nitrogen and oxygen atoms in total. The molecule has 0 unspecified atom stereocenters. The molecule has 0 bridgehead atoms. The predicted molar refractivity (Wildman–Crippen MR) is 72.6 cm³/mol. The third-order valence-corrected chi connectivity index (χ3v) is 2.81. The number of carbonyl (C=O) groups is 1. The van der Waals surface area contributed by atoms with Gasteiger partial charge in [-0.2, -0.15) is 0 Å². The molecule has 0 amide bonds. The van der Waals surface area contributed by atoms with E-state index in [1.54, 1.807) is 31.2 Å². The molecule has 6 heteroatoms. The summed E-state index contributed by atoms with van der Waals surface area (Å²) < 4.78 is 0. The first-order chi connectivity index (χ1) is 9.10.